The van der Waals surface area contributed by atoms with Gasteiger partial charge in [0.2, 0.25) is 0 Å². The van der Waals surface area contributed by atoms with Crippen molar-refractivity contribution in [1.82, 2.24) is 0 Å². The molecule has 1 aliphatic heterocycles. The van der Waals surface area contributed by atoms with E-state index in [-0.39, 0.29) is 11.3 Å². The van der Waals surface area contributed by atoms with Crippen LogP contribution in [0.4, 0.5) is 11.4 Å². The highest BCUT2D eigenvalue weighted by Gasteiger charge is 2.27. The molecule has 94 valence electrons. The molecule has 2 atom stereocenters. The average Bonchev–Trinajstić information content (AvgIpc) is 2.67. The number of nitro benzene ring substituents is 1. The van der Waals surface area contributed by atoms with Crippen LogP contribution in [0.2, 0.25) is 0 Å². The summed E-state index contributed by atoms with van der Waals surface area (Å²) in [5, 5.41) is 19.7. The Morgan fingerprint density at radius 2 is 2.22 bits per heavy atom. The lowest BCUT2D eigenvalue weighted by atomic mass is 10.1. The predicted octanol–water partition coefficient (Wildman–Crippen LogP) is 2.70. The van der Waals surface area contributed by atoms with Crippen molar-refractivity contribution in [2.75, 3.05) is 11.4 Å². The quantitative estimate of drug-likeness (QED) is 0.593. The van der Waals surface area contributed by atoms with E-state index in [1.165, 1.54) is 6.07 Å². The summed E-state index contributed by atoms with van der Waals surface area (Å²) in [4.78, 5) is 12.5. The summed E-state index contributed by atoms with van der Waals surface area (Å²) in [5.74, 6) is 0.612. The normalized spacial score (nSPS) is 22.8. The second-order valence-corrected chi connectivity index (χ2v) is 4.91. The minimum atomic E-state index is -0.516. The van der Waals surface area contributed by atoms with E-state index >= 15 is 0 Å². The fourth-order valence-corrected chi connectivity index (χ4v) is 2.61. The maximum Gasteiger partial charge on any atom is 0.287 e. The van der Waals surface area contributed by atoms with E-state index in [2.05, 4.69) is 18.7 Å². The molecule has 5 nitrogen and oxygen atoms in total. The van der Waals surface area contributed by atoms with E-state index in [9.17, 15) is 10.1 Å². The van der Waals surface area contributed by atoms with E-state index in [0.29, 0.717) is 12.0 Å². The summed E-state index contributed by atoms with van der Waals surface area (Å²) < 4.78 is 0. The van der Waals surface area contributed by atoms with E-state index in [1.807, 2.05) is 6.07 Å². The van der Waals surface area contributed by atoms with Gasteiger partial charge >= 0.3 is 0 Å². The highest BCUT2D eigenvalue weighted by Crippen LogP contribution is 2.31. The Morgan fingerprint density at radius 3 is 2.72 bits per heavy atom. The number of nitrogens with zero attached hydrogens (tertiary/aromatic N) is 3. The molecule has 5 heteroatoms. The maximum atomic E-state index is 10.8. The zero-order valence-corrected chi connectivity index (χ0v) is 10.5. The molecule has 0 aliphatic carbocycles. The Labute approximate surface area is 106 Å². The Bertz CT molecular complexity index is 521. The molecule has 0 N–H and O–H groups in total. The van der Waals surface area contributed by atoms with Crippen LogP contribution in [-0.2, 0) is 0 Å². The molecule has 2 unspecified atom stereocenters. The van der Waals surface area contributed by atoms with Crippen molar-refractivity contribution in [3.8, 4) is 6.07 Å². The largest absolute Gasteiger partial charge is 0.369 e. The first-order valence-electron chi connectivity index (χ1n) is 5.98. The van der Waals surface area contributed by atoms with E-state index in [1.54, 1.807) is 12.1 Å². The van der Waals surface area contributed by atoms with Gasteiger partial charge < -0.3 is 4.90 Å². The molecule has 1 aromatic carbocycles. The molecule has 2 rings (SSSR count). The molecule has 0 amide bonds. The highest BCUT2D eigenvalue weighted by atomic mass is 16.6. The van der Waals surface area contributed by atoms with Gasteiger partial charge in [0.1, 0.15) is 11.6 Å². The number of rotatable bonds is 2. The van der Waals surface area contributed by atoms with Crippen LogP contribution < -0.4 is 4.90 Å². The molecular formula is C13H15N3O2. The summed E-state index contributed by atoms with van der Waals surface area (Å²) >= 11 is 0. The molecule has 18 heavy (non-hydrogen) atoms. The van der Waals surface area contributed by atoms with E-state index in [0.717, 1.165) is 18.7 Å². The van der Waals surface area contributed by atoms with Crippen molar-refractivity contribution in [2.24, 2.45) is 5.92 Å². The minimum absolute atomic E-state index is 0.124. The van der Waals surface area contributed by atoms with Gasteiger partial charge in [0.15, 0.2) is 0 Å². The van der Waals surface area contributed by atoms with E-state index < -0.39 is 4.92 Å². The van der Waals surface area contributed by atoms with Gasteiger partial charge in [-0.25, -0.2) is 0 Å². The third-order valence-corrected chi connectivity index (χ3v) is 3.41. The van der Waals surface area contributed by atoms with Crippen molar-refractivity contribution < 1.29 is 4.92 Å². The number of hydrogen-bond acceptors (Lipinski definition) is 4. The molecule has 0 saturated carbocycles. The van der Waals surface area contributed by atoms with Crippen LogP contribution >= 0.6 is 0 Å². The van der Waals surface area contributed by atoms with Crippen LogP contribution in [0.25, 0.3) is 0 Å². The molecular weight excluding hydrogens is 230 g/mol. The molecule has 0 bridgehead atoms. The molecule has 1 fully saturated rings. The van der Waals surface area contributed by atoms with Gasteiger partial charge in [0, 0.05) is 24.3 Å². The Morgan fingerprint density at radius 1 is 1.50 bits per heavy atom. The SMILES string of the molecule is CC1CC(C)N(c2ccc([N+](=O)[O-])c(C#N)c2)C1. The number of anilines is 1. The molecule has 1 aliphatic rings. The molecule has 1 heterocycles. The van der Waals surface area contributed by atoms with Crippen molar-refractivity contribution in [3.05, 3.63) is 33.9 Å². The minimum Gasteiger partial charge on any atom is -0.369 e. The molecule has 0 spiro atoms. The third kappa shape index (κ3) is 2.14. The molecule has 0 radical (unpaired) electrons. The summed E-state index contributed by atoms with van der Waals surface area (Å²) in [7, 11) is 0. The lowest BCUT2D eigenvalue weighted by Crippen LogP contribution is -2.26. The second-order valence-electron chi connectivity index (χ2n) is 4.91. The van der Waals surface area contributed by atoms with Crippen molar-refractivity contribution >= 4 is 11.4 Å². The highest BCUT2D eigenvalue weighted by molar-refractivity contribution is 5.60. The Kier molecular flexibility index (Phi) is 3.19. The van der Waals surface area contributed by atoms with Gasteiger partial charge in [0.05, 0.1) is 4.92 Å². The first-order valence-corrected chi connectivity index (χ1v) is 5.98. The summed E-state index contributed by atoms with van der Waals surface area (Å²) in [6, 6.07) is 7.08. The first kappa shape index (κ1) is 12.4. The van der Waals surface area contributed by atoms with Gasteiger partial charge in [-0.15, -0.1) is 0 Å². The van der Waals surface area contributed by atoms with Gasteiger partial charge in [0.25, 0.3) is 5.69 Å². The van der Waals surface area contributed by atoms with Crippen LogP contribution in [0, 0.1) is 27.4 Å². The standard InChI is InChI=1S/C13H15N3O2/c1-9-5-10(2)15(8-9)12-3-4-13(16(17)18)11(6-12)7-14/h3-4,6,9-10H,5,8H2,1-2H3. The first-order chi connectivity index (χ1) is 8.52. The number of benzene rings is 1. The number of hydrogen-bond donors (Lipinski definition) is 0. The lowest BCUT2D eigenvalue weighted by molar-refractivity contribution is -0.385. The van der Waals surface area contributed by atoms with Crippen LogP contribution in [0.3, 0.4) is 0 Å². The van der Waals surface area contributed by atoms with Gasteiger partial charge in [-0.2, -0.15) is 5.26 Å². The van der Waals surface area contributed by atoms with E-state index in [4.69, 9.17) is 5.26 Å². The summed E-state index contributed by atoms with van der Waals surface area (Å²) in [6.45, 7) is 5.26. The van der Waals surface area contributed by atoms with Crippen LogP contribution in [0.5, 0.6) is 0 Å². The molecule has 1 saturated heterocycles. The lowest BCUT2D eigenvalue weighted by Gasteiger charge is -2.23. The van der Waals surface area contributed by atoms with Crippen LogP contribution in [-0.4, -0.2) is 17.5 Å². The van der Waals surface area contributed by atoms with Crippen molar-refractivity contribution in [2.45, 2.75) is 26.3 Å². The molecule has 1 aromatic rings. The van der Waals surface area contributed by atoms with Crippen molar-refractivity contribution in [3.63, 3.8) is 0 Å². The smallest absolute Gasteiger partial charge is 0.287 e. The fraction of sp³-hybridized carbons (Fsp3) is 0.462. The zero-order valence-electron chi connectivity index (χ0n) is 10.5. The zero-order chi connectivity index (χ0) is 13.3. The topological polar surface area (TPSA) is 70.2 Å². The monoisotopic (exact) mass is 245 g/mol. The number of nitriles is 1. The van der Waals surface area contributed by atoms with Crippen LogP contribution in [0.1, 0.15) is 25.8 Å². The summed E-state index contributed by atoms with van der Waals surface area (Å²) in [6.07, 6.45) is 1.11. The van der Waals surface area contributed by atoms with Gasteiger partial charge in [-0.3, -0.25) is 10.1 Å². The van der Waals surface area contributed by atoms with Gasteiger partial charge in [-0.05, 0) is 31.4 Å². The predicted molar refractivity (Wildman–Crippen MR) is 68.4 cm³/mol. The fourth-order valence-electron chi connectivity index (χ4n) is 2.61. The number of nitro groups is 1. The van der Waals surface area contributed by atoms with Gasteiger partial charge in [-0.1, -0.05) is 6.92 Å². The third-order valence-electron chi connectivity index (χ3n) is 3.41. The Balaban J connectivity index is 2.37. The van der Waals surface area contributed by atoms with Crippen LogP contribution in [0.15, 0.2) is 18.2 Å². The van der Waals surface area contributed by atoms with Crippen molar-refractivity contribution in [1.29, 1.82) is 5.26 Å². The second kappa shape index (κ2) is 4.65. The average molecular weight is 245 g/mol. The molecule has 0 aromatic heterocycles. The Hall–Kier alpha value is -2.09. The maximum absolute atomic E-state index is 10.8. The summed E-state index contributed by atoms with van der Waals surface area (Å²) in [5.41, 5.74) is 0.902.